The lowest BCUT2D eigenvalue weighted by Crippen LogP contribution is -2.33. The number of aromatic nitrogens is 1. The molecule has 0 radical (unpaired) electrons. The van der Waals surface area contributed by atoms with Crippen molar-refractivity contribution in [3.63, 3.8) is 0 Å². The number of hydrogen-bond donors (Lipinski definition) is 6. The minimum absolute atomic E-state index is 0.0671. The van der Waals surface area contributed by atoms with Crippen LogP contribution in [0.15, 0.2) is 138 Å². The Morgan fingerprint density at radius 1 is 0.796 bits per heavy atom. The highest BCUT2D eigenvalue weighted by Gasteiger charge is 2.19. The number of benzene rings is 5. The van der Waals surface area contributed by atoms with E-state index in [2.05, 4.69) is 15.6 Å². The van der Waals surface area contributed by atoms with Gasteiger partial charge < -0.3 is 40.6 Å². The SMILES string of the molecule is O=C(O)N[C@@H](c1ccccc1)c1cccc(OCc2cccc(C(=O)N(CCCNCC(O)c3ccc(O)c4[nH]c(=O)ccc34)Cc3ccccc3)c2)c1. The van der Waals surface area contributed by atoms with E-state index in [0.717, 1.165) is 22.3 Å². The minimum atomic E-state index is -1.13. The average Bonchev–Trinajstić information content (AvgIpc) is 3.19. The van der Waals surface area contributed by atoms with E-state index in [1.54, 1.807) is 23.1 Å². The summed E-state index contributed by atoms with van der Waals surface area (Å²) in [4.78, 5) is 41.8. The molecule has 11 nitrogen and oxygen atoms in total. The first-order chi connectivity index (χ1) is 26.2. The number of aliphatic hydroxyl groups excluding tert-OH is 1. The first-order valence-electron chi connectivity index (χ1n) is 17.7. The van der Waals surface area contributed by atoms with Crippen LogP contribution in [0.25, 0.3) is 10.9 Å². The molecule has 276 valence electrons. The number of carboxylic acid groups (broad SMARTS) is 1. The van der Waals surface area contributed by atoms with Crippen molar-refractivity contribution in [3.05, 3.63) is 177 Å². The molecule has 1 aromatic heterocycles. The monoisotopic (exact) mass is 726 g/mol. The first kappa shape index (κ1) is 37.3. The van der Waals surface area contributed by atoms with Gasteiger partial charge in [0.15, 0.2) is 0 Å². The Labute approximate surface area is 312 Å². The van der Waals surface area contributed by atoms with Crippen LogP contribution >= 0.6 is 0 Å². The van der Waals surface area contributed by atoms with Gasteiger partial charge in [0.25, 0.3) is 5.91 Å². The van der Waals surface area contributed by atoms with E-state index >= 15 is 0 Å². The Morgan fingerprint density at radius 2 is 1.52 bits per heavy atom. The second kappa shape index (κ2) is 17.9. The third kappa shape index (κ3) is 9.71. The van der Waals surface area contributed by atoms with Crippen molar-refractivity contribution in [3.8, 4) is 11.5 Å². The number of nitrogens with zero attached hydrogens (tertiary/aromatic N) is 1. The summed E-state index contributed by atoms with van der Waals surface area (Å²) < 4.78 is 6.14. The van der Waals surface area contributed by atoms with E-state index in [1.165, 1.54) is 12.1 Å². The molecule has 0 saturated carbocycles. The van der Waals surface area contributed by atoms with Gasteiger partial charge in [-0.3, -0.25) is 9.59 Å². The standard InChI is InChI=1S/C43H42N4O7/c48-37-20-18-35(36-19-21-39(50)45-41(36)37)38(49)26-44-22-9-23-47(27-29-10-3-1-4-11-29)42(51)33-16-7-12-30(24-33)28-54-34-17-8-15-32(25-34)40(46-43(52)53)31-13-5-2-6-14-31/h1-8,10-21,24-25,38,40,44,46,48-49H,9,22-23,26-28H2,(H,45,50)(H,52,53)/t38?,40-/m0/s1. The van der Waals surface area contributed by atoms with Gasteiger partial charge in [0.05, 0.1) is 17.7 Å². The number of carbonyl (C=O) groups excluding carboxylic acids is 1. The predicted molar refractivity (Wildman–Crippen MR) is 207 cm³/mol. The number of H-pyrrole nitrogens is 1. The zero-order chi connectivity index (χ0) is 37.9. The number of aromatic amines is 1. The van der Waals surface area contributed by atoms with E-state index in [9.17, 15) is 29.7 Å². The number of nitrogens with one attached hydrogen (secondary N) is 3. The number of hydrogen-bond acceptors (Lipinski definition) is 7. The third-order valence-corrected chi connectivity index (χ3v) is 9.06. The Kier molecular flexibility index (Phi) is 12.4. The van der Waals surface area contributed by atoms with Crippen LogP contribution in [0, 0.1) is 0 Å². The van der Waals surface area contributed by atoms with Gasteiger partial charge in [-0.15, -0.1) is 0 Å². The fourth-order valence-corrected chi connectivity index (χ4v) is 6.40. The summed E-state index contributed by atoms with van der Waals surface area (Å²) in [7, 11) is 0. The van der Waals surface area contributed by atoms with Gasteiger partial charge in [-0.05, 0) is 77.2 Å². The Hall–Kier alpha value is -6.43. The van der Waals surface area contributed by atoms with Crippen LogP contribution in [0.2, 0.25) is 0 Å². The molecule has 11 heteroatoms. The van der Waals surface area contributed by atoms with Crippen molar-refractivity contribution in [1.29, 1.82) is 0 Å². The zero-order valence-electron chi connectivity index (χ0n) is 29.5. The van der Waals surface area contributed by atoms with Crippen LogP contribution in [-0.4, -0.2) is 56.8 Å². The van der Waals surface area contributed by atoms with E-state index in [4.69, 9.17) is 4.74 Å². The van der Waals surface area contributed by atoms with Crippen LogP contribution in [-0.2, 0) is 13.2 Å². The molecule has 0 spiro atoms. The summed E-state index contributed by atoms with van der Waals surface area (Å²) in [6.07, 6.45) is -1.40. The summed E-state index contributed by atoms with van der Waals surface area (Å²) >= 11 is 0. The maximum atomic E-state index is 14.0. The molecule has 6 rings (SSSR count). The highest BCUT2D eigenvalue weighted by Crippen LogP contribution is 2.29. The number of amides is 2. The number of carbonyl (C=O) groups is 2. The van der Waals surface area contributed by atoms with Gasteiger partial charge in [0, 0.05) is 36.7 Å². The fraction of sp³-hybridized carbons (Fsp3) is 0.186. The smallest absolute Gasteiger partial charge is 0.405 e. The topological polar surface area (TPSA) is 164 Å². The molecule has 0 bridgehead atoms. The summed E-state index contributed by atoms with van der Waals surface area (Å²) in [6, 6.07) is 39.2. The number of phenolic OH excluding ortho intramolecular Hbond substituents is 1. The number of rotatable bonds is 16. The lowest BCUT2D eigenvalue weighted by Gasteiger charge is -2.24. The highest BCUT2D eigenvalue weighted by molar-refractivity contribution is 5.94. The number of aromatic hydroxyl groups is 1. The molecule has 1 unspecified atom stereocenters. The molecule has 2 amide bonds. The molecule has 0 aliphatic rings. The van der Waals surface area contributed by atoms with Crippen LogP contribution in [0.3, 0.4) is 0 Å². The molecular weight excluding hydrogens is 684 g/mol. The van der Waals surface area contributed by atoms with Gasteiger partial charge in [-0.1, -0.05) is 91.0 Å². The first-order valence-corrected chi connectivity index (χ1v) is 17.7. The number of pyridine rings is 1. The minimum Gasteiger partial charge on any atom is -0.506 e. The molecule has 0 saturated heterocycles. The predicted octanol–water partition coefficient (Wildman–Crippen LogP) is 6.53. The second-order valence-electron chi connectivity index (χ2n) is 12.9. The van der Waals surface area contributed by atoms with Gasteiger partial charge >= 0.3 is 6.09 Å². The van der Waals surface area contributed by atoms with E-state index in [1.807, 2.05) is 103 Å². The van der Waals surface area contributed by atoms with Crippen LogP contribution in [0.1, 0.15) is 56.7 Å². The van der Waals surface area contributed by atoms with Crippen molar-refractivity contribution in [2.75, 3.05) is 19.6 Å². The van der Waals surface area contributed by atoms with E-state index in [0.29, 0.717) is 48.3 Å². The largest absolute Gasteiger partial charge is 0.506 e. The second-order valence-corrected chi connectivity index (χ2v) is 12.9. The fourth-order valence-electron chi connectivity index (χ4n) is 6.40. The Bertz CT molecular complexity index is 2240. The van der Waals surface area contributed by atoms with Crippen molar-refractivity contribution in [2.24, 2.45) is 0 Å². The number of fused-ring (bicyclic) bond motifs is 1. The van der Waals surface area contributed by atoms with Crippen molar-refractivity contribution < 1.29 is 29.6 Å². The summed E-state index contributed by atoms with van der Waals surface area (Å²) in [5.41, 5.74) is 4.38. The third-order valence-electron chi connectivity index (χ3n) is 9.06. The highest BCUT2D eigenvalue weighted by atomic mass is 16.5. The summed E-state index contributed by atoms with van der Waals surface area (Å²) in [5, 5.41) is 37.0. The zero-order valence-corrected chi connectivity index (χ0v) is 29.5. The summed E-state index contributed by atoms with van der Waals surface area (Å²) in [5.74, 6) is 0.370. The van der Waals surface area contributed by atoms with Crippen LogP contribution < -0.4 is 20.9 Å². The molecule has 1 heterocycles. The van der Waals surface area contributed by atoms with E-state index in [-0.39, 0.29) is 35.9 Å². The van der Waals surface area contributed by atoms with Gasteiger partial charge in [-0.25, -0.2) is 4.79 Å². The van der Waals surface area contributed by atoms with Crippen LogP contribution in [0.4, 0.5) is 4.79 Å². The molecule has 0 aliphatic heterocycles. The molecule has 54 heavy (non-hydrogen) atoms. The normalized spacial score (nSPS) is 12.2. The van der Waals surface area contributed by atoms with E-state index < -0.39 is 18.2 Å². The lowest BCUT2D eigenvalue weighted by atomic mass is 9.98. The van der Waals surface area contributed by atoms with Crippen molar-refractivity contribution in [1.82, 2.24) is 20.5 Å². The number of phenols is 1. The van der Waals surface area contributed by atoms with Crippen molar-refractivity contribution >= 4 is 22.9 Å². The molecule has 6 aromatic rings. The average molecular weight is 727 g/mol. The molecular formula is C43H42N4O7. The Morgan fingerprint density at radius 3 is 2.30 bits per heavy atom. The lowest BCUT2D eigenvalue weighted by molar-refractivity contribution is 0.0740. The maximum absolute atomic E-state index is 14.0. The van der Waals surface area contributed by atoms with Gasteiger partial charge in [0.1, 0.15) is 18.1 Å². The van der Waals surface area contributed by atoms with Gasteiger partial charge in [0.2, 0.25) is 5.56 Å². The molecule has 6 N–H and O–H groups in total. The number of ether oxygens (including phenoxy) is 1. The molecule has 2 atom stereocenters. The molecule has 0 fully saturated rings. The molecule has 0 aliphatic carbocycles. The van der Waals surface area contributed by atoms with Crippen LogP contribution in [0.5, 0.6) is 11.5 Å². The van der Waals surface area contributed by atoms with Gasteiger partial charge in [-0.2, -0.15) is 0 Å². The number of aliphatic hydroxyl groups is 1. The maximum Gasteiger partial charge on any atom is 0.405 e. The Balaban J connectivity index is 1.09. The molecule has 5 aromatic carbocycles. The summed E-state index contributed by atoms with van der Waals surface area (Å²) in [6.45, 7) is 1.84. The van der Waals surface area contributed by atoms with Crippen molar-refractivity contribution in [2.45, 2.75) is 31.7 Å². The quantitative estimate of drug-likeness (QED) is 0.0614.